The first-order chi connectivity index (χ1) is 6.99. The van der Waals surface area contributed by atoms with Crippen LogP contribution < -0.4 is 10.5 Å². The van der Waals surface area contributed by atoms with Gasteiger partial charge in [-0.15, -0.1) is 0 Å². The second-order valence-electron chi connectivity index (χ2n) is 4.13. The molecule has 6 heteroatoms. The Balaban J connectivity index is 2.37. The second kappa shape index (κ2) is 5.46. The Kier molecular flexibility index (Phi) is 4.53. The number of hydrogen-bond acceptors (Lipinski definition) is 3. The van der Waals surface area contributed by atoms with E-state index < -0.39 is 10.0 Å². The van der Waals surface area contributed by atoms with Gasteiger partial charge in [-0.3, -0.25) is 5.41 Å². The summed E-state index contributed by atoms with van der Waals surface area (Å²) in [5.41, 5.74) is 5.09. The van der Waals surface area contributed by atoms with Crippen LogP contribution in [0.5, 0.6) is 0 Å². The van der Waals surface area contributed by atoms with Crippen molar-refractivity contribution in [2.24, 2.45) is 11.7 Å². The van der Waals surface area contributed by atoms with Crippen molar-refractivity contribution < 1.29 is 8.42 Å². The number of nitrogens with one attached hydrogen (secondary N) is 2. The quantitative estimate of drug-likeness (QED) is 0.474. The molecule has 88 valence electrons. The van der Waals surface area contributed by atoms with Crippen LogP contribution in [-0.4, -0.2) is 26.6 Å². The lowest BCUT2D eigenvalue weighted by Gasteiger charge is -2.21. The second-order valence-corrected chi connectivity index (χ2v) is 5.98. The number of sulfonamides is 1. The molecule has 5 nitrogen and oxygen atoms in total. The summed E-state index contributed by atoms with van der Waals surface area (Å²) in [4.78, 5) is 0. The first-order valence-electron chi connectivity index (χ1n) is 5.30. The van der Waals surface area contributed by atoms with Crippen LogP contribution >= 0.6 is 0 Å². The van der Waals surface area contributed by atoms with Crippen LogP contribution in [0.1, 0.15) is 32.1 Å². The summed E-state index contributed by atoms with van der Waals surface area (Å²) in [6.07, 6.45) is 5.49. The van der Waals surface area contributed by atoms with Crippen LogP contribution in [-0.2, 0) is 10.0 Å². The number of rotatable bonds is 5. The SMILES string of the molecule is N=C(N)CNS(=O)(=O)CC1CCCCC1. The van der Waals surface area contributed by atoms with Gasteiger partial charge in [0.2, 0.25) is 10.0 Å². The predicted molar refractivity (Wildman–Crippen MR) is 60.3 cm³/mol. The Morgan fingerprint density at radius 2 is 1.93 bits per heavy atom. The summed E-state index contributed by atoms with van der Waals surface area (Å²) >= 11 is 0. The fourth-order valence-corrected chi connectivity index (χ4v) is 3.36. The van der Waals surface area contributed by atoms with E-state index in [1.807, 2.05) is 0 Å². The number of nitrogens with two attached hydrogens (primary N) is 1. The predicted octanol–water partition coefficient (Wildman–Crippen LogP) is 0.422. The molecule has 0 aromatic heterocycles. The van der Waals surface area contributed by atoms with Crippen molar-refractivity contribution >= 4 is 15.9 Å². The molecular weight excluding hydrogens is 214 g/mol. The number of hydrogen-bond donors (Lipinski definition) is 3. The van der Waals surface area contributed by atoms with Gasteiger partial charge in [0.1, 0.15) is 5.84 Å². The third-order valence-electron chi connectivity index (χ3n) is 2.66. The monoisotopic (exact) mass is 233 g/mol. The van der Waals surface area contributed by atoms with Crippen LogP contribution in [0.2, 0.25) is 0 Å². The van der Waals surface area contributed by atoms with Gasteiger partial charge in [-0.05, 0) is 18.8 Å². The third kappa shape index (κ3) is 5.13. The van der Waals surface area contributed by atoms with E-state index in [2.05, 4.69) is 4.72 Å². The van der Waals surface area contributed by atoms with Gasteiger partial charge in [-0.1, -0.05) is 19.3 Å². The Morgan fingerprint density at radius 3 is 2.47 bits per heavy atom. The first-order valence-corrected chi connectivity index (χ1v) is 6.95. The van der Waals surface area contributed by atoms with E-state index in [1.165, 1.54) is 6.42 Å². The molecule has 1 aliphatic carbocycles. The van der Waals surface area contributed by atoms with Crippen molar-refractivity contribution in [1.82, 2.24) is 4.72 Å². The van der Waals surface area contributed by atoms with Crippen LogP contribution in [0, 0.1) is 11.3 Å². The van der Waals surface area contributed by atoms with Crippen LogP contribution in [0.3, 0.4) is 0 Å². The van der Waals surface area contributed by atoms with E-state index in [0.717, 1.165) is 25.7 Å². The van der Waals surface area contributed by atoms with Crippen LogP contribution in [0.25, 0.3) is 0 Å². The van der Waals surface area contributed by atoms with Crippen molar-refractivity contribution in [2.75, 3.05) is 12.3 Å². The van der Waals surface area contributed by atoms with E-state index in [4.69, 9.17) is 11.1 Å². The minimum absolute atomic E-state index is 0.0744. The van der Waals surface area contributed by atoms with Gasteiger partial charge in [0.05, 0.1) is 12.3 Å². The summed E-state index contributed by atoms with van der Waals surface area (Å²) in [5, 5.41) is 6.94. The molecular formula is C9H19N3O2S. The molecule has 0 atom stereocenters. The summed E-state index contributed by atoms with van der Waals surface area (Å²) in [6, 6.07) is 0. The van der Waals surface area contributed by atoms with Gasteiger partial charge in [-0.2, -0.15) is 0 Å². The minimum Gasteiger partial charge on any atom is -0.387 e. The van der Waals surface area contributed by atoms with E-state index in [9.17, 15) is 8.42 Å². The molecule has 0 heterocycles. The molecule has 1 fully saturated rings. The van der Waals surface area contributed by atoms with E-state index in [1.54, 1.807) is 0 Å². The molecule has 0 unspecified atom stereocenters. The summed E-state index contributed by atoms with van der Waals surface area (Å²) < 4.78 is 25.4. The minimum atomic E-state index is -3.25. The zero-order valence-electron chi connectivity index (χ0n) is 8.83. The molecule has 1 aliphatic rings. The van der Waals surface area contributed by atoms with Crippen LogP contribution in [0.15, 0.2) is 0 Å². The van der Waals surface area contributed by atoms with Gasteiger partial charge < -0.3 is 5.73 Å². The normalized spacial score (nSPS) is 18.9. The highest BCUT2D eigenvalue weighted by atomic mass is 32.2. The molecule has 0 spiro atoms. The Bertz CT molecular complexity index is 307. The molecule has 0 bridgehead atoms. The first kappa shape index (κ1) is 12.4. The Hall–Kier alpha value is -0.620. The van der Waals surface area contributed by atoms with Crippen molar-refractivity contribution in [1.29, 1.82) is 5.41 Å². The largest absolute Gasteiger partial charge is 0.387 e. The Morgan fingerprint density at radius 1 is 1.33 bits per heavy atom. The standard InChI is InChI=1S/C9H19N3O2S/c10-9(11)6-12-15(13,14)7-8-4-2-1-3-5-8/h8,12H,1-7H2,(H3,10,11). The fourth-order valence-electron chi connectivity index (χ4n) is 1.91. The molecule has 0 amide bonds. The van der Waals surface area contributed by atoms with Gasteiger partial charge in [-0.25, -0.2) is 13.1 Å². The molecule has 1 saturated carbocycles. The average molecular weight is 233 g/mol. The summed E-state index contributed by atoms with van der Waals surface area (Å²) in [5.74, 6) is 0.311. The van der Waals surface area contributed by atoms with E-state index in [0.29, 0.717) is 0 Å². The zero-order chi connectivity index (χ0) is 11.3. The maximum atomic E-state index is 11.5. The van der Waals surface area contributed by atoms with Crippen LogP contribution in [0.4, 0.5) is 0 Å². The summed E-state index contributed by atoms with van der Waals surface area (Å²) in [7, 11) is -3.25. The molecule has 0 aliphatic heterocycles. The van der Waals surface area contributed by atoms with Gasteiger partial charge in [0, 0.05) is 0 Å². The maximum absolute atomic E-state index is 11.5. The van der Waals surface area contributed by atoms with Crippen molar-refractivity contribution in [3.05, 3.63) is 0 Å². The van der Waals surface area contributed by atoms with Gasteiger partial charge in [0.15, 0.2) is 0 Å². The molecule has 0 radical (unpaired) electrons. The molecule has 0 saturated heterocycles. The van der Waals surface area contributed by atoms with E-state index in [-0.39, 0.29) is 24.1 Å². The lowest BCUT2D eigenvalue weighted by Crippen LogP contribution is -2.36. The fraction of sp³-hybridized carbons (Fsp3) is 0.889. The molecule has 0 aromatic carbocycles. The van der Waals surface area contributed by atoms with Gasteiger partial charge >= 0.3 is 0 Å². The van der Waals surface area contributed by atoms with Crippen molar-refractivity contribution in [2.45, 2.75) is 32.1 Å². The zero-order valence-corrected chi connectivity index (χ0v) is 9.65. The van der Waals surface area contributed by atoms with E-state index >= 15 is 0 Å². The average Bonchev–Trinajstić information content (AvgIpc) is 2.16. The number of amidine groups is 1. The lowest BCUT2D eigenvalue weighted by molar-refractivity contribution is 0.384. The maximum Gasteiger partial charge on any atom is 0.212 e. The van der Waals surface area contributed by atoms with Crippen molar-refractivity contribution in [3.8, 4) is 0 Å². The van der Waals surface area contributed by atoms with Crippen molar-refractivity contribution in [3.63, 3.8) is 0 Å². The highest BCUT2D eigenvalue weighted by molar-refractivity contribution is 7.89. The Labute approximate surface area is 91.0 Å². The topological polar surface area (TPSA) is 96.0 Å². The third-order valence-corrected chi connectivity index (χ3v) is 4.16. The van der Waals surface area contributed by atoms with Gasteiger partial charge in [0.25, 0.3) is 0 Å². The molecule has 1 rings (SSSR count). The smallest absolute Gasteiger partial charge is 0.212 e. The summed E-state index contributed by atoms with van der Waals surface area (Å²) in [6.45, 7) is -0.0744. The molecule has 15 heavy (non-hydrogen) atoms. The lowest BCUT2D eigenvalue weighted by atomic mass is 9.91. The molecule has 4 N–H and O–H groups in total. The highest BCUT2D eigenvalue weighted by Crippen LogP contribution is 2.24. The highest BCUT2D eigenvalue weighted by Gasteiger charge is 2.20. The molecule has 0 aromatic rings.